The summed E-state index contributed by atoms with van der Waals surface area (Å²) in [5.41, 5.74) is 0. The fraction of sp³-hybridized carbons (Fsp3) is 0.767. The van der Waals surface area contributed by atoms with Gasteiger partial charge < -0.3 is 14.2 Å². The number of ether oxygens (including phenoxy) is 3. The molecule has 0 spiro atoms. The molecule has 0 rings (SSSR count). The second-order valence-electron chi connectivity index (χ2n) is 22.7. The van der Waals surface area contributed by atoms with E-state index in [-0.39, 0.29) is 31.1 Å². The van der Waals surface area contributed by atoms with Gasteiger partial charge in [-0.15, -0.1) is 0 Å². The zero-order valence-corrected chi connectivity index (χ0v) is 52.4. The Kier molecular flexibility index (Phi) is 64.2. The molecule has 0 fully saturated rings. The van der Waals surface area contributed by atoms with Crippen LogP contribution in [0.15, 0.2) is 85.1 Å². The summed E-state index contributed by atoms with van der Waals surface area (Å²) in [7, 11) is 0. The molecule has 0 heterocycles. The summed E-state index contributed by atoms with van der Waals surface area (Å²) in [5.74, 6) is -0.881. The highest BCUT2D eigenvalue weighted by Gasteiger charge is 2.19. The number of unbranched alkanes of at least 4 members (excludes halogenated alkanes) is 37. The van der Waals surface area contributed by atoms with Crippen molar-refractivity contribution >= 4 is 17.9 Å². The Bertz CT molecular complexity index is 1500. The van der Waals surface area contributed by atoms with Crippen molar-refractivity contribution in [3.8, 4) is 0 Å². The van der Waals surface area contributed by atoms with Crippen LogP contribution in [0.2, 0.25) is 0 Å². The van der Waals surface area contributed by atoms with Gasteiger partial charge in [-0.2, -0.15) is 0 Å². The van der Waals surface area contributed by atoms with Crippen molar-refractivity contribution in [2.75, 3.05) is 13.2 Å². The summed E-state index contributed by atoms with van der Waals surface area (Å²) >= 11 is 0. The number of hydrogen-bond acceptors (Lipinski definition) is 6. The zero-order chi connectivity index (χ0) is 57.1. The van der Waals surface area contributed by atoms with Crippen molar-refractivity contribution in [3.63, 3.8) is 0 Å². The molecule has 0 radical (unpaired) electrons. The first kappa shape index (κ1) is 75.6. The normalized spacial score (nSPS) is 12.6. The van der Waals surface area contributed by atoms with Gasteiger partial charge in [0.25, 0.3) is 0 Å². The molecule has 0 saturated heterocycles. The predicted octanol–water partition coefficient (Wildman–Crippen LogP) is 23.4. The lowest BCUT2D eigenvalue weighted by molar-refractivity contribution is -0.167. The second-order valence-corrected chi connectivity index (χ2v) is 22.7. The summed E-state index contributed by atoms with van der Waals surface area (Å²) in [6.45, 7) is 6.50. The molecule has 6 nitrogen and oxygen atoms in total. The van der Waals surface area contributed by atoms with Crippen LogP contribution < -0.4 is 0 Å². The molecule has 0 bridgehead atoms. The highest BCUT2D eigenvalue weighted by Crippen LogP contribution is 2.17. The van der Waals surface area contributed by atoms with E-state index in [1.165, 1.54) is 193 Å². The average molecular weight is 1100 g/mol. The van der Waals surface area contributed by atoms with Crippen LogP contribution in [0.5, 0.6) is 0 Å². The van der Waals surface area contributed by atoms with Gasteiger partial charge in [0.15, 0.2) is 6.10 Å². The lowest BCUT2D eigenvalue weighted by Crippen LogP contribution is -2.30. The molecule has 0 aromatic carbocycles. The number of carbonyl (C=O) groups excluding carboxylic acids is 3. The molecule has 0 amide bonds. The van der Waals surface area contributed by atoms with E-state index in [9.17, 15) is 14.4 Å². The van der Waals surface area contributed by atoms with E-state index < -0.39 is 6.10 Å². The monoisotopic (exact) mass is 1100 g/mol. The third-order valence-electron chi connectivity index (χ3n) is 14.9. The molecule has 79 heavy (non-hydrogen) atoms. The second kappa shape index (κ2) is 67.1. The van der Waals surface area contributed by atoms with Gasteiger partial charge in [-0.3, -0.25) is 14.4 Å². The zero-order valence-electron chi connectivity index (χ0n) is 52.4. The maximum Gasteiger partial charge on any atom is 0.306 e. The molecule has 0 aromatic rings. The summed E-state index contributed by atoms with van der Waals surface area (Å²) in [5, 5.41) is 0. The summed E-state index contributed by atoms with van der Waals surface area (Å²) in [6, 6.07) is 0. The third-order valence-corrected chi connectivity index (χ3v) is 14.9. The van der Waals surface area contributed by atoms with E-state index in [0.717, 1.165) is 109 Å². The van der Waals surface area contributed by atoms with E-state index in [4.69, 9.17) is 14.2 Å². The molecule has 0 saturated carbocycles. The number of allylic oxidation sites excluding steroid dienone is 14. The predicted molar refractivity (Wildman–Crippen MR) is 344 cm³/mol. The van der Waals surface area contributed by atoms with Crippen LogP contribution in [-0.4, -0.2) is 37.2 Å². The summed E-state index contributed by atoms with van der Waals surface area (Å²) in [4.78, 5) is 38.1. The SMILES string of the molecule is CC/C=C\C/C=C\C/C=C\C/C=C\CCCCCCCCCCCCCCCCCCCCCCC(=O)OCC(COC(=O)CCCCCCCCC)OC(=O)CCCCCCCC/C=C\C/C=C\C/C=C\CCCCCCC. The van der Waals surface area contributed by atoms with E-state index >= 15 is 0 Å². The Hall–Kier alpha value is -3.41. The van der Waals surface area contributed by atoms with Crippen molar-refractivity contribution in [2.24, 2.45) is 0 Å². The topological polar surface area (TPSA) is 78.9 Å². The number of carbonyl (C=O) groups is 3. The Morgan fingerprint density at radius 3 is 0.772 bits per heavy atom. The van der Waals surface area contributed by atoms with Gasteiger partial charge in [-0.05, 0) is 96.3 Å². The maximum atomic E-state index is 12.9. The lowest BCUT2D eigenvalue weighted by Gasteiger charge is -2.18. The minimum Gasteiger partial charge on any atom is -0.462 e. The number of hydrogen-bond donors (Lipinski definition) is 0. The van der Waals surface area contributed by atoms with Crippen molar-refractivity contribution in [2.45, 2.75) is 348 Å². The van der Waals surface area contributed by atoms with E-state index in [2.05, 4.69) is 106 Å². The molecule has 0 N–H and O–H groups in total. The van der Waals surface area contributed by atoms with Gasteiger partial charge >= 0.3 is 17.9 Å². The smallest absolute Gasteiger partial charge is 0.306 e. The van der Waals surface area contributed by atoms with Crippen molar-refractivity contribution in [1.29, 1.82) is 0 Å². The molecule has 0 aliphatic carbocycles. The Morgan fingerprint density at radius 2 is 0.494 bits per heavy atom. The minimum absolute atomic E-state index is 0.0774. The third kappa shape index (κ3) is 65.3. The Balaban J connectivity index is 4.04. The molecule has 1 atom stereocenters. The average Bonchev–Trinajstić information content (AvgIpc) is 3.45. The van der Waals surface area contributed by atoms with Gasteiger partial charge in [0.1, 0.15) is 13.2 Å². The maximum absolute atomic E-state index is 12.9. The molecular weight excluding hydrogens is 973 g/mol. The first-order chi connectivity index (χ1) is 39.0. The first-order valence-electron chi connectivity index (χ1n) is 34.1. The Labute approximate surface area is 490 Å². The number of esters is 3. The van der Waals surface area contributed by atoms with Gasteiger partial charge in [-0.1, -0.05) is 311 Å². The van der Waals surface area contributed by atoms with Crippen molar-refractivity contribution < 1.29 is 28.6 Å². The van der Waals surface area contributed by atoms with Gasteiger partial charge in [0.05, 0.1) is 0 Å². The van der Waals surface area contributed by atoms with E-state index in [1.54, 1.807) is 0 Å². The van der Waals surface area contributed by atoms with Crippen LogP contribution in [0, 0.1) is 0 Å². The fourth-order valence-electron chi connectivity index (χ4n) is 9.80. The van der Waals surface area contributed by atoms with E-state index in [0.29, 0.717) is 19.3 Å². The summed E-state index contributed by atoms with van der Waals surface area (Å²) < 4.78 is 16.9. The molecular formula is C73H128O6. The quantitative estimate of drug-likeness (QED) is 0.0261. The molecule has 0 aliphatic rings. The molecule has 0 aliphatic heterocycles. The first-order valence-corrected chi connectivity index (χ1v) is 34.1. The Morgan fingerprint density at radius 1 is 0.266 bits per heavy atom. The largest absolute Gasteiger partial charge is 0.462 e. The van der Waals surface area contributed by atoms with Crippen LogP contribution in [0.1, 0.15) is 342 Å². The van der Waals surface area contributed by atoms with Gasteiger partial charge in [-0.25, -0.2) is 0 Å². The standard InChI is InChI=1S/C73H128O6/c1-4-7-10-13-16-18-20-22-24-26-28-30-31-32-33-34-35-36-37-38-39-40-41-43-44-46-48-50-52-54-57-60-63-66-72(75)78-69-70(68-77-71(74)65-62-59-56-15-12-9-6-3)79-73(76)67-64-61-58-55-53-51-49-47-45-42-29-27-25-23-21-19-17-14-11-8-5-2/h7,10,16,18,21-24,27-30,45,47,70H,4-6,8-9,11-15,17,19-20,25-26,31-44,46,48-69H2,1-3H3/b10-7-,18-16-,23-21-,24-22-,29-27-,30-28-,47-45-. The van der Waals surface area contributed by atoms with Crippen LogP contribution in [0.4, 0.5) is 0 Å². The lowest BCUT2D eigenvalue weighted by atomic mass is 10.0. The highest BCUT2D eigenvalue weighted by atomic mass is 16.6. The summed E-state index contributed by atoms with van der Waals surface area (Å²) in [6.07, 6.45) is 89.2. The fourth-order valence-corrected chi connectivity index (χ4v) is 9.80. The van der Waals surface area contributed by atoms with E-state index in [1.807, 2.05) is 0 Å². The van der Waals surface area contributed by atoms with Gasteiger partial charge in [0, 0.05) is 19.3 Å². The highest BCUT2D eigenvalue weighted by molar-refractivity contribution is 5.71. The molecule has 0 aromatic heterocycles. The van der Waals surface area contributed by atoms with Crippen molar-refractivity contribution in [1.82, 2.24) is 0 Å². The molecule has 1 unspecified atom stereocenters. The minimum atomic E-state index is -0.779. The van der Waals surface area contributed by atoms with Crippen LogP contribution in [0.3, 0.4) is 0 Å². The molecule has 6 heteroatoms. The molecule has 456 valence electrons. The van der Waals surface area contributed by atoms with Crippen LogP contribution in [0.25, 0.3) is 0 Å². The van der Waals surface area contributed by atoms with Crippen LogP contribution >= 0.6 is 0 Å². The van der Waals surface area contributed by atoms with Crippen LogP contribution in [-0.2, 0) is 28.6 Å². The van der Waals surface area contributed by atoms with Crippen molar-refractivity contribution in [3.05, 3.63) is 85.1 Å². The van der Waals surface area contributed by atoms with Gasteiger partial charge in [0.2, 0.25) is 0 Å². The number of rotatable bonds is 62.